The van der Waals surface area contributed by atoms with E-state index < -0.39 is 0 Å². The minimum Gasteiger partial charge on any atom is -0.347 e. The first-order chi connectivity index (χ1) is 9.06. The molecule has 0 aromatic carbocycles. The molecule has 0 aliphatic carbocycles. The van der Waals surface area contributed by atoms with Crippen LogP contribution in [0.25, 0.3) is 0 Å². The number of piperidine rings is 1. The van der Waals surface area contributed by atoms with E-state index in [0.717, 1.165) is 23.9 Å². The Morgan fingerprint density at radius 1 is 1.58 bits per heavy atom. The van der Waals surface area contributed by atoms with Gasteiger partial charge in [0.1, 0.15) is 0 Å². The molecule has 2 rings (SSSR count). The first kappa shape index (κ1) is 14.8. The lowest BCUT2D eigenvalue weighted by molar-refractivity contribution is 0.248. The van der Waals surface area contributed by atoms with Gasteiger partial charge in [0, 0.05) is 37.6 Å². The Bertz CT molecular complexity index is 391. The Morgan fingerprint density at radius 3 is 3.05 bits per heavy atom. The molecule has 108 valence electrons. The summed E-state index contributed by atoms with van der Waals surface area (Å²) in [6.07, 6.45) is 2.57. The highest BCUT2D eigenvalue weighted by molar-refractivity contribution is 7.13. The number of aromatic nitrogens is 1. The zero-order chi connectivity index (χ0) is 13.8. The quantitative estimate of drug-likeness (QED) is 0.897. The number of likely N-dealkylation sites (N-methyl/N-ethyl adjacent to an activating group) is 2. The maximum atomic E-state index is 4.75. The van der Waals surface area contributed by atoms with Crippen molar-refractivity contribution in [2.75, 3.05) is 32.1 Å². The summed E-state index contributed by atoms with van der Waals surface area (Å²) >= 11 is 1.76. The second-order valence-corrected chi connectivity index (χ2v) is 6.66. The molecule has 1 aliphatic rings. The van der Waals surface area contributed by atoms with Crippen LogP contribution in [0.1, 0.15) is 32.4 Å². The van der Waals surface area contributed by atoms with Crippen molar-refractivity contribution in [3.05, 3.63) is 11.1 Å². The van der Waals surface area contributed by atoms with Gasteiger partial charge in [-0.2, -0.15) is 0 Å². The monoisotopic (exact) mass is 282 g/mol. The van der Waals surface area contributed by atoms with E-state index in [4.69, 9.17) is 4.98 Å². The van der Waals surface area contributed by atoms with Crippen molar-refractivity contribution in [3.63, 3.8) is 0 Å². The van der Waals surface area contributed by atoms with Gasteiger partial charge in [-0.3, -0.25) is 0 Å². The minimum atomic E-state index is 0.509. The second kappa shape index (κ2) is 6.68. The molecule has 2 heterocycles. The number of anilines is 1. The Labute approximate surface area is 120 Å². The zero-order valence-corrected chi connectivity index (χ0v) is 13.3. The lowest BCUT2D eigenvalue weighted by Crippen LogP contribution is -2.45. The van der Waals surface area contributed by atoms with Crippen LogP contribution in [-0.2, 0) is 6.54 Å². The van der Waals surface area contributed by atoms with Gasteiger partial charge >= 0.3 is 0 Å². The summed E-state index contributed by atoms with van der Waals surface area (Å²) in [4.78, 5) is 9.52. The highest BCUT2D eigenvalue weighted by Gasteiger charge is 2.22. The second-order valence-electron chi connectivity index (χ2n) is 5.83. The van der Waals surface area contributed by atoms with E-state index in [1.54, 1.807) is 11.3 Å². The van der Waals surface area contributed by atoms with E-state index in [-0.39, 0.29) is 0 Å². The SMILES string of the molecule is CC(C)NCc1csc(N(C)C2CCCN(C)C2)n1. The standard InChI is InChI=1S/C14H26N4S/c1-11(2)15-8-12-10-19-14(16-12)18(4)13-6-5-7-17(3)9-13/h10-11,13,15H,5-9H2,1-4H3. The molecule has 5 heteroatoms. The maximum absolute atomic E-state index is 4.75. The summed E-state index contributed by atoms with van der Waals surface area (Å²) in [6, 6.07) is 1.12. The lowest BCUT2D eigenvalue weighted by atomic mass is 10.1. The Balaban J connectivity index is 1.93. The molecule has 1 unspecified atom stereocenters. The third-order valence-corrected chi connectivity index (χ3v) is 4.66. The Morgan fingerprint density at radius 2 is 2.37 bits per heavy atom. The van der Waals surface area contributed by atoms with Crippen LogP contribution in [0.15, 0.2) is 5.38 Å². The smallest absolute Gasteiger partial charge is 0.185 e. The average molecular weight is 282 g/mol. The van der Waals surface area contributed by atoms with Gasteiger partial charge in [-0.1, -0.05) is 13.8 Å². The largest absolute Gasteiger partial charge is 0.347 e. The topological polar surface area (TPSA) is 31.4 Å². The van der Waals surface area contributed by atoms with Gasteiger partial charge in [0.15, 0.2) is 5.13 Å². The van der Waals surface area contributed by atoms with Crippen molar-refractivity contribution in [1.29, 1.82) is 0 Å². The molecule has 0 radical (unpaired) electrons. The van der Waals surface area contributed by atoms with E-state index in [1.165, 1.54) is 19.4 Å². The lowest BCUT2D eigenvalue weighted by Gasteiger charge is -2.35. The van der Waals surface area contributed by atoms with Gasteiger partial charge in [0.2, 0.25) is 0 Å². The normalized spacial score (nSPS) is 21.0. The van der Waals surface area contributed by atoms with Crippen LogP contribution in [0.4, 0.5) is 5.13 Å². The van der Waals surface area contributed by atoms with Gasteiger partial charge in [0.05, 0.1) is 5.69 Å². The van der Waals surface area contributed by atoms with Crippen molar-refractivity contribution in [2.45, 2.75) is 45.3 Å². The van der Waals surface area contributed by atoms with E-state index in [2.05, 4.69) is 48.4 Å². The summed E-state index contributed by atoms with van der Waals surface area (Å²) in [6.45, 7) is 7.57. The fourth-order valence-electron chi connectivity index (χ4n) is 2.46. The number of nitrogens with one attached hydrogen (secondary N) is 1. The molecule has 4 nitrogen and oxygen atoms in total. The first-order valence-electron chi connectivity index (χ1n) is 7.15. The van der Waals surface area contributed by atoms with Crippen LogP contribution in [0.5, 0.6) is 0 Å². The molecule has 1 atom stereocenters. The van der Waals surface area contributed by atoms with Crippen LogP contribution in [0.3, 0.4) is 0 Å². The molecule has 0 saturated carbocycles. The predicted molar refractivity (Wildman–Crippen MR) is 83.0 cm³/mol. The van der Waals surface area contributed by atoms with Crippen LogP contribution in [-0.4, -0.2) is 49.2 Å². The van der Waals surface area contributed by atoms with Crippen LogP contribution < -0.4 is 10.2 Å². The van der Waals surface area contributed by atoms with Crippen molar-refractivity contribution >= 4 is 16.5 Å². The number of nitrogens with zero attached hydrogens (tertiary/aromatic N) is 3. The molecular formula is C14H26N4S. The summed E-state index contributed by atoms with van der Waals surface area (Å²) in [7, 11) is 4.39. The fourth-order valence-corrected chi connectivity index (χ4v) is 3.32. The zero-order valence-electron chi connectivity index (χ0n) is 12.5. The van der Waals surface area contributed by atoms with Crippen molar-refractivity contribution < 1.29 is 0 Å². The summed E-state index contributed by atoms with van der Waals surface area (Å²) < 4.78 is 0. The number of rotatable bonds is 5. The third kappa shape index (κ3) is 4.16. The Hall–Kier alpha value is -0.650. The third-order valence-electron chi connectivity index (χ3n) is 3.68. The van der Waals surface area contributed by atoms with Gasteiger partial charge in [-0.25, -0.2) is 4.98 Å². The van der Waals surface area contributed by atoms with E-state index >= 15 is 0 Å². The number of hydrogen-bond donors (Lipinski definition) is 1. The van der Waals surface area contributed by atoms with E-state index in [0.29, 0.717) is 12.1 Å². The molecule has 1 N–H and O–H groups in total. The maximum Gasteiger partial charge on any atom is 0.185 e. The molecule has 1 fully saturated rings. The molecule has 1 aliphatic heterocycles. The number of hydrogen-bond acceptors (Lipinski definition) is 5. The van der Waals surface area contributed by atoms with E-state index in [1.807, 2.05) is 0 Å². The van der Waals surface area contributed by atoms with Crippen molar-refractivity contribution in [2.24, 2.45) is 0 Å². The van der Waals surface area contributed by atoms with Gasteiger partial charge < -0.3 is 15.1 Å². The summed E-state index contributed by atoms with van der Waals surface area (Å²) in [5, 5.41) is 6.75. The molecule has 1 aromatic rings. The molecule has 1 aromatic heterocycles. The average Bonchev–Trinajstić information content (AvgIpc) is 2.84. The van der Waals surface area contributed by atoms with E-state index in [9.17, 15) is 0 Å². The highest BCUT2D eigenvalue weighted by Crippen LogP contribution is 2.24. The molecule has 0 amide bonds. The van der Waals surface area contributed by atoms with Gasteiger partial charge in [0.25, 0.3) is 0 Å². The highest BCUT2D eigenvalue weighted by atomic mass is 32.1. The first-order valence-corrected chi connectivity index (χ1v) is 8.03. The summed E-state index contributed by atoms with van der Waals surface area (Å²) in [5.41, 5.74) is 1.16. The van der Waals surface area contributed by atoms with Crippen LogP contribution >= 0.6 is 11.3 Å². The number of likely N-dealkylation sites (tertiary alicyclic amines) is 1. The number of thiazole rings is 1. The van der Waals surface area contributed by atoms with Crippen molar-refractivity contribution in [3.8, 4) is 0 Å². The van der Waals surface area contributed by atoms with Crippen LogP contribution in [0, 0.1) is 0 Å². The summed E-state index contributed by atoms with van der Waals surface area (Å²) in [5.74, 6) is 0. The predicted octanol–water partition coefficient (Wildman–Crippen LogP) is 2.17. The van der Waals surface area contributed by atoms with Crippen LogP contribution in [0.2, 0.25) is 0 Å². The fraction of sp³-hybridized carbons (Fsp3) is 0.786. The molecule has 1 saturated heterocycles. The molecule has 19 heavy (non-hydrogen) atoms. The molecule has 0 spiro atoms. The van der Waals surface area contributed by atoms with Crippen molar-refractivity contribution in [1.82, 2.24) is 15.2 Å². The molecular weight excluding hydrogens is 256 g/mol. The Kier molecular flexibility index (Phi) is 5.19. The minimum absolute atomic E-state index is 0.509. The van der Waals surface area contributed by atoms with Gasteiger partial charge in [-0.05, 0) is 26.4 Å². The molecule has 0 bridgehead atoms. The van der Waals surface area contributed by atoms with Gasteiger partial charge in [-0.15, -0.1) is 11.3 Å².